The van der Waals surface area contributed by atoms with Gasteiger partial charge in [-0.2, -0.15) is 4.98 Å². The molecule has 1 heterocycles. The van der Waals surface area contributed by atoms with Crippen molar-refractivity contribution in [1.29, 1.82) is 0 Å². The molecule has 0 amide bonds. The summed E-state index contributed by atoms with van der Waals surface area (Å²) in [6.07, 6.45) is 9.55. The standard InChI is InChI=1S/C14H25N3O2/c1-18-10-12(15)9-13-16-14(17-19-13)11-7-5-3-2-4-6-8-11/h11-12H,2-10,15H2,1H3. The molecule has 0 spiro atoms. The molecule has 108 valence electrons. The van der Waals surface area contributed by atoms with Crippen molar-refractivity contribution in [2.45, 2.75) is 63.3 Å². The minimum absolute atomic E-state index is 0.0735. The van der Waals surface area contributed by atoms with Crippen LogP contribution in [0.3, 0.4) is 0 Å². The summed E-state index contributed by atoms with van der Waals surface area (Å²) < 4.78 is 10.3. The van der Waals surface area contributed by atoms with Gasteiger partial charge in [0, 0.05) is 25.5 Å². The summed E-state index contributed by atoms with van der Waals surface area (Å²) in [5.41, 5.74) is 5.90. The summed E-state index contributed by atoms with van der Waals surface area (Å²) in [5, 5.41) is 4.14. The molecule has 1 aromatic heterocycles. The van der Waals surface area contributed by atoms with E-state index in [2.05, 4.69) is 10.1 Å². The fourth-order valence-electron chi connectivity index (χ4n) is 2.73. The Bertz CT molecular complexity index is 359. The van der Waals surface area contributed by atoms with Gasteiger partial charge in [-0.1, -0.05) is 37.3 Å². The topological polar surface area (TPSA) is 74.2 Å². The fraction of sp³-hybridized carbons (Fsp3) is 0.857. The van der Waals surface area contributed by atoms with Gasteiger partial charge in [-0.05, 0) is 12.8 Å². The lowest BCUT2D eigenvalue weighted by Gasteiger charge is -2.15. The second-order valence-corrected chi connectivity index (χ2v) is 5.51. The third kappa shape index (κ3) is 4.58. The molecule has 0 aromatic carbocycles. The lowest BCUT2D eigenvalue weighted by molar-refractivity contribution is 0.176. The van der Waals surface area contributed by atoms with Crippen LogP contribution in [0.4, 0.5) is 0 Å². The van der Waals surface area contributed by atoms with Gasteiger partial charge in [0.15, 0.2) is 5.82 Å². The van der Waals surface area contributed by atoms with Crippen LogP contribution in [-0.4, -0.2) is 29.9 Å². The Hall–Kier alpha value is -0.940. The number of hydrogen-bond donors (Lipinski definition) is 1. The van der Waals surface area contributed by atoms with Crippen LogP contribution in [0, 0.1) is 0 Å². The Kier molecular flexibility index (Phi) is 5.79. The van der Waals surface area contributed by atoms with Crippen molar-refractivity contribution < 1.29 is 9.26 Å². The molecular weight excluding hydrogens is 242 g/mol. The van der Waals surface area contributed by atoms with Crippen LogP contribution >= 0.6 is 0 Å². The minimum atomic E-state index is -0.0735. The van der Waals surface area contributed by atoms with E-state index in [1.165, 1.54) is 44.9 Å². The van der Waals surface area contributed by atoms with Gasteiger partial charge < -0.3 is 15.0 Å². The number of rotatable bonds is 5. The summed E-state index contributed by atoms with van der Waals surface area (Å²) in [6, 6.07) is -0.0735. The minimum Gasteiger partial charge on any atom is -0.383 e. The maximum absolute atomic E-state index is 5.90. The zero-order valence-electron chi connectivity index (χ0n) is 11.8. The Labute approximate surface area is 114 Å². The number of ether oxygens (including phenoxy) is 1. The smallest absolute Gasteiger partial charge is 0.228 e. The molecule has 5 heteroatoms. The Morgan fingerprint density at radius 1 is 1.26 bits per heavy atom. The van der Waals surface area contributed by atoms with Gasteiger partial charge in [-0.15, -0.1) is 0 Å². The van der Waals surface area contributed by atoms with E-state index in [-0.39, 0.29) is 6.04 Å². The molecule has 1 unspecified atom stereocenters. The normalized spacial score (nSPS) is 19.9. The highest BCUT2D eigenvalue weighted by molar-refractivity contribution is 4.97. The second-order valence-electron chi connectivity index (χ2n) is 5.51. The first-order chi connectivity index (χ1) is 9.29. The van der Waals surface area contributed by atoms with E-state index in [9.17, 15) is 0 Å². The van der Waals surface area contributed by atoms with Crippen molar-refractivity contribution >= 4 is 0 Å². The largest absolute Gasteiger partial charge is 0.383 e. The van der Waals surface area contributed by atoms with Gasteiger partial charge in [0.25, 0.3) is 0 Å². The van der Waals surface area contributed by atoms with Crippen molar-refractivity contribution in [3.05, 3.63) is 11.7 Å². The molecule has 2 N–H and O–H groups in total. The molecular formula is C14H25N3O2. The van der Waals surface area contributed by atoms with Gasteiger partial charge >= 0.3 is 0 Å². The summed E-state index contributed by atoms with van der Waals surface area (Å²) in [6.45, 7) is 0.515. The van der Waals surface area contributed by atoms with E-state index in [1.54, 1.807) is 7.11 Å². The Balaban J connectivity index is 1.91. The lowest BCUT2D eigenvalue weighted by atomic mass is 9.91. The van der Waals surface area contributed by atoms with Crippen molar-refractivity contribution in [2.24, 2.45) is 5.73 Å². The van der Waals surface area contributed by atoms with Crippen molar-refractivity contribution in [3.8, 4) is 0 Å². The van der Waals surface area contributed by atoms with Gasteiger partial charge in [0.05, 0.1) is 6.61 Å². The second kappa shape index (κ2) is 7.60. The van der Waals surface area contributed by atoms with Crippen LogP contribution in [0.1, 0.15) is 62.6 Å². The van der Waals surface area contributed by atoms with E-state index in [0.29, 0.717) is 24.8 Å². The number of nitrogens with two attached hydrogens (primary N) is 1. The zero-order valence-corrected chi connectivity index (χ0v) is 11.8. The number of methoxy groups -OCH3 is 1. The van der Waals surface area contributed by atoms with Crippen LogP contribution in [-0.2, 0) is 11.2 Å². The third-order valence-corrected chi connectivity index (χ3v) is 3.77. The molecule has 2 rings (SSSR count). The van der Waals surface area contributed by atoms with E-state index in [1.807, 2.05) is 0 Å². The first kappa shape index (κ1) is 14.5. The molecule has 5 nitrogen and oxygen atoms in total. The van der Waals surface area contributed by atoms with E-state index < -0.39 is 0 Å². The number of aromatic nitrogens is 2. The molecule has 1 aromatic rings. The average molecular weight is 267 g/mol. The van der Waals surface area contributed by atoms with Crippen LogP contribution in [0.5, 0.6) is 0 Å². The SMILES string of the molecule is COCC(N)Cc1nc(C2CCCCCCC2)no1. The van der Waals surface area contributed by atoms with Gasteiger partial charge in [0.1, 0.15) is 0 Å². The van der Waals surface area contributed by atoms with Crippen molar-refractivity contribution in [1.82, 2.24) is 10.1 Å². The van der Waals surface area contributed by atoms with Crippen LogP contribution < -0.4 is 5.73 Å². The quantitative estimate of drug-likeness (QED) is 0.886. The van der Waals surface area contributed by atoms with Crippen molar-refractivity contribution in [2.75, 3.05) is 13.7 Å². The number of nitrogens with zero attached hydrogens (tertiary/aromatic N) is 2. The van der Waals surface area contributed by atoms with Gasteiger partial charge in [-0.3, -0.25) is 0 Å². The molecule has 1 atom stereocenters. The molecule has 0 saturated heterocycles. The Morgan fingerprint density at radius 3 is 2.63 bits per heavy atom. The number of hydrogen-bond acceptors (Lipinski definition) is 5. The highest BCUT2D eigenvalue weighted by Gasteiger charge is 2.20. The molecule has 1 fully saturated rings. The predicted molar refractivity (Wildman–Crippen MR) is 72.9 cm³/mol. The Morgan fingerprint density at radius 2 is 1.95 bits per heavy atom. The highest BCUT2D eigenvalue weighted by atomic mass is 16.5. The van der Waals surface area contributed by atoms with E-state index in [4.69, 9.17) is 15.0 Å². The van der Waals surface area contributed by atoms with E-state index >= 15 is 0 Å². The summed E-state index contributed by atoms with van der Waals surface area (Å²) in [4.78, 5) is 4.52. The highest BCUT2D eigenvalue weighted by Crippen LogP contribution is 2.29. The first-order valence-corrected chi connectivity index (χ1v) is 7.36. The molecule has 1 saturated carbocycles. The van der Waals surface area contributed by atoms with E-state index in [0.717, 1.165) is 5.82 Å². The lowest BCUT2D eigenvalue weighted by Crippen LogP contribution is -2.28. The maximum atomic E-state index is 5.90. The molecule has 19 heavy (non-hydrogen) atoms. The molecule has 1 aliphatic rings. The van der Waals surface area contributed by atoms with Crippen molar-refractivity contribution in [3.63, 3.8) is 0 Å². The third-order valence-electron chi connectivity index (χ3n) is 3.77. The molecule has 1 aliphatic carbocycles. The zero-order chi connectivity index (χ0) is 13.5. The first-order valence-electron chi connectivity index (χ1n) is 7.36. The monoisotopic (exact) mass is 267 g/mol. The maximum Gasteiger partial charge on any atom is 0.228 e. The summed E-state index contributed by atoms with van der Waals surface area (Å²) >= 11 is 0. The summed E-state index contributed by atoms with van der Waals surface area (Å²) in [7, 11) is 1.65. The molecule has 0 aliphatic heterocycles. The summed E-state index contributed by atoms with van der Waals surface area (Å²) in [5.74, 6) is 1.99. The van der Waals surface area contributed by atoms with Crippen LogP contribution in [0.2, 0.25) is 0 Å². The van der Waals surface area contributed by atoms with Crippen LogP contribution in [0.15, 0.2) is 4.52 Å². The molecule has 0 bridgehead atoms. The van der Waals surface area contributed by atoms with Gasteiger partial charge in [0.2, 0.25) is 5.89 Å². The molecule has 0 radical (unpaired) electrons. The fourth-order valence-corrected chi connectivity index (χ4v) is 2.73. The van der Waals surface area contributed by atoms with Crippen LogP contribution in [0.25, 0.3) is 0 Å². The van der Waals surface area contributed by atoms with Gasteiger partial charge in [-0.25, -0.2) is 0 Å². The average Bonchev–Trinajstić information content (AvgIpc) is 2.77. The predicted octanol–water partition coefficient (Wildman–Crippen LogP) is 2.41.